The Morgan fingerprint density at radius 1 is 1.21 bits per heavy atom. The van der Waals surface area contributed by atoms with E-state index in [1.165, 1.54) is 6.20 Å². The highest BCUT2D eigenvalue weighted by Crippen LogP contribution is 2.14. The first-order valence-corrected chi connectivity index (χ1v) is 7.71. The molecule has 0 bridgehead atoms. The van der Waals surface area contributed by atoms with E-state index in [2.05, 4.69) is 17.2 Å². The molecule has 6 heteroatoms. The van der Waals surface area contributed by atoms with Gasteiger partial charge in [-0.1, -0.05) is 36.3 Å². The SMILES string of the molecule is CCCCc1cn(S(=O)(=O)c2ccc(C)cc2)nn1. The Morgan fingerprint density at radius 2 is 1.89 bits per heavy atom. The zero-order valence-electron chi connectivity index (χ0n) is 11.1. The molecule has 0 amide bonds. The Morgan fingerprint density at radius 3 is 2.53 bits per heavy atom. The summed E-state index contributed by atoms with van der Waals surface area (Å²) in [5, 5.41) is 7.62. The number of aromatic nitrogens is 3. The molecule has 0 spiro atoms. The van der Waals surface area contributed by atoms with Crippen LogP contribution >= 0.6 is 0 Å². The minimum Gasteiger partial charge on any atom is -0.199 e. The zero-order valence-corrected chi connectivity index (χ0v) is 11.9. The second-order valence-corrected chi connectivity index (χ2v) is 6.30. The van der Waals surface area contributed by atoms with Crippen molar-refractivity contribution in [3.63, 3.8) is 0 Å². The van der Waals surface area contributed by atoms with Gasteiger partial charge in [0.05, 0.1) is 16.8 Å². The van der Waals surface area contributed by atoms with E-state index in [1.807, 2.05) is 6.92 Å². The summed E-state index contributed by atoms with van der Waals surface area (Å²) in [5.74, 6) is 0. The molecule has 2 aromatic rings. The average Bonchev–Trinajstić information content (AvgIpc) is 2.86. The van der Waals surface area contributed by atoms with Crippen LogP contribution in [-0.2, 0) is 16.4 Å². The molecule has 1 heterocycles. The molecule has 0 saturated carbocycles. The summed E-state index contributed by atoms with van der Waals surface area (Å²) >= 11 is 0. The molecule has 102 valence electrons. The number of benzene rings is 1. The molecule has 19 heavy (non-hydrogen) atoms. The number of hydrogen-bond acceptors (Lipinski definition) is 4. The molecule has 5 nitrogen and oxygen atoms in total. The van der Waals surface area contributed by atoms with Crippen LogP contribution in [0.25, 0.3) is 0 Å². The number of rotatable bonds is 5. The Balaban J connectivity index is 2.29. The van der Waals surface area contributed by atoms with Gasteiger partial charge in [-0.3, -0.25) is 0 Å². The van der Waals surface area contributed by atoms with E-state index in [-0.39, 0.29) is 4.90 Å². The lowest BCUT2D eigenvalue weighted by molar-refractivity contribution is 0.577. The molecule has 0 aliphatic carbocycles. The van der Waals surface area contributed by atoms with Crippen LogP contribution in [0.3, 0.4) is 0 Å². The van der Waals surface area contributed by atoms with E-state index in [0.29, 0.717) is 5.69 Å². The lowest BCUT2D eigenvalue weighted by Crippen LogP contribution is -2.13. The van der Waals surface area contributed by atoms with Gasteiger partial charge in [-0.25, -0.2) is 0 Å². The summed E-state index contributed by atoms with van der Waals surface area (Å²) in [6, 6.07) is 6.69. The van der Waals surface area contributed by atoms with Crippen molar-refractivity contribution >= 4 is 10.0 Å². The van der Waals surface area contributed by atoms with Crippen molar-refractivity contribution in [3.8, 4) is 0 Å². The van der Waals surface area contributed by atoms with Gasteiger partial charge in [-0.05, 0) is 31.9 Å². The maximum absolute atomic E-state index is 12.3. The van der Waals surface area contributed by atoms with Crippen LogP contribution in [0.1, 0.15) is 31.0 Å². The number of aryl methyl sites for hydroxylation is 2. The zero-order chi connectivity index (χ0) is 13.9. The Bertz CT molecular complexity index is 645. The molecule has 1 aromatic heterocycles. The van der Waals surface area contributed by atoms with Gasteiger partial charge in [-0.2, -0.15) is 8.42 Å². The van der Waals surface area contributed by atoms with Gasteiger partial charge >= 0.3 is 0 Å². The molecule has 0 fully saturated rings. The molecule has 1 aromatic carbocycles. The van der Waals surface area contributed by atoms with Gasteiger partial charge < -0.3 is 0 Å². The quantitative estimate of drug-likeness (QED) is 0.841. The highest BCUT2D eigenvalue weighted by Gasteiger charge is 2.18. The summed E-state index contributed by atoms with van der Waals surface area (Å²) in [7, 11) is -3.62. The third-order valence-electron chi connectivity index (χ3n) is 2.87. The standard InChI is InChI=1S/C13H17N3O2S/c1-3-4-5-12-10-16(15-14-12)19(17,18)13-8-6-11(2)7-9-13/h6-10H,3-5H2,1-2H3. The molecule has 0 aliphatic rings. The molecule has 0 atom stereocenters. The fraction of sp³-hybridized carbons (Fsp3) is 0.385. The summed E-state index contributed by atoms with van der Waals surface area (Å²) in [6.07, 6.45) is 4.26. The maximum atomic E-state index is 12.3. The fourth-order valence-corrected chi connectivity index (χ4v) is 2.78. The van der Waals surface area contributed by atoms with Crippen LogP contribution in [0.4, 0.5) is 0 Å². The van der Waals surface area contributed by atoms with E-state index in [9.17, 15) is 8.42 Å². The van der Waals surface area contributed by atoms with Crippen molar-refractivity contribution in [2.45, 2.75) is 38.0 Å². The Hall–Kier alpha value is -1.69. The van der Waals surface area contributed by atoms with Crippen molar-refractivity contribution in [1.82, 2.24) is 14.4 Å². The smallest absolute Gasteiger partial charge is 0.199 e. The minimum absolute atomic E-state index is 0.227. The van der Waals surface area contributed by atoms with Gasteiger partial charge in [-0.15, -0.1) is 9.19 Å². The third kappa shape index (κ3) is 3.01. The normalized spacial score (nSPS) is 11.7. The Kier molecular flexibility index (Phi) is 3.99. The van der Waals surface area contributed by atoms with E-state index in [0.717, 1.165) is 28.9 Å². The van der Waals surface area contributed by atoms with Crippen molar-refractivity contribution < 1.29 is 8.42 Å². The van der Waals surface area contributed by atoms with E-state index in [4.69, 9.17) is 0 Å². The second-order valence-electron chi connectivity index (χ2n) is 4.50. The van der Waals surface area contributed by atoms with Gasteiger partial charge in [0, 0.05) is 0 Å². The average molecular weight is 279 g/mol. The second kappa shape index (κ2) is 5.52. The molecular weight excluding hydrogens is 262 g/mol. The summed E-state index contributed by atoms with van der Waals surface area (Å²) in [5.41, 5.74) is 1.72. The first-order valence-electron chi connectivity index (χ1n) is 6.27. The van der Waals surface area contributed by atoms with Gasteiger partial charge in [0.25, 0.3) is 10.0 Å². The highest BCUT2D eigenvalue weighted by molar-refractivity contribution is 7.89. The third-order valence-corrected chi connectivity index (χ3v) is 4.41. The van der Waals surface area contributed by atoms with E-state index < -0.39 is 10.0 Å². The van der Waals surface area contributed by atoms with E-state index in [1.54, 1.807) is 24.3 Å². The van der Waals surface area contributed by atoms with Crippen molar-refractivity contribution in [1.29, 1.82) is 0 Å². The van der Waals surface area contributed by atoms with Crippen LogP contribution in [0.5, 0.6) is 0 Å². The van der Waals surface area contributed by atoms with Gasteiger partial charge in [0.15, 0.2) is 0 Å². The van der Waals surface area contributed by atoms with Crippen molar-refractivity contribution in [2.75, 3.05) is 0 Å². The Labute approximate surface area is 113 Å². The fourth-order valence-electron chi connectivity index (χ4n) is 1.69. The lowest BCUT2D eigenvalue weighted by Gasteiger charge is -2.03. The summed E-state index contributed by atoms with van der Waals surface area (Å²) in [4.78, 5) is 0.227. The number of nitrogens with zero attached hydrogens (tertiary/aromatic N) is 3. The maximum Gasteiger partial charge on any atom is 0.284 e. The number of hydrogen-bond donors (Lipinski definition) is 0. The lowest BCUT2D eigenvalue weighted by atomic mass is 10.2. The van der Waals surface area contributed by atoms with Crippen LogP contribution < -0.4 is 0 Å². The van der Waals surface area contributed by atoms with Gasteiger partial charge in [0.1, 0.15) is 0 Å². The first kappa shape index (κ1) is 13.7. The van der Waals surface area contributed by atoms with Crippen LogP contribution in [0.15, 0.2) is 35.4 Å². The summed E-state index contributed by atoms with van der Waals surface area (Å²) in [6.45, 7) is 3.99. The molecule has 0 unspecified atom stereocenters. The highest BCUT2D eigenvalue weighted by atomic mass is 32.2. The number of unbranched alkanes of at least 4 members (excludes halogenated alkanes) is 1. The van der Waals surface area contributed by atoms with Crippen molar-refractivity contribution in [3.05, 3.63) is 41.7 Å². The molecular formula is C13H17N3O2S. The molecule has 2 rings (SSSR count). The van der Waals surface area contributed by atoms with Gasteiger partial charge in [0.2, 0.25) is 0 Å². The molecule has 0 saturated heterocycles. The topological polar surface area (TPSA) is 64.8 Å². The summed E-state index contributed by atoms with van der Waals surface area (Å²) < 4.78 is 25.5. The van der Waals surface area contributed by atoms with Crippen LogP contribution in [0.2, 0.25) is 0 Å². The molecule has 0 aliphatic heterocycles. The molecule has 0 radical (unpaired) electrons. The predicted octanol–water partition coefficient (Wildman–Crippen LogP) is 2.17. The monoisotopic (exact) mass is 279 g/mol. The van der Waals surface area contributed by atoms with Crippen LogP contribution in [-0.4, -0.2) is 22.8 Å². The predicted molar refractivity (Wildman–Crippen MR) is 72.4 cm³/mol. The van der Waals surface area contributed by atoms with E-state index >= 15 is 0 Å². The van der Waals surface area contributed by atoms with Crippen molar-refractivity contribution in [2.24, 2.45) is 0 Å². The first-order chi connectivity index (χ1) is 9.04. The minimum atomic E-state index is -3.62. The van der Waals surface area contributed by atoms with Crippen LogP contribution in [0, 0.1) is 6.92 Å². The molecule has 0 N–H and O–H groups in total. The largest absolute Gasteiger partial charge is 0.284 e.